The summed E-state index contributed by atoms with van der Waals surface area (Å²) in [4.78, 5) is 12.0. The number of methoxy groups -OCH3 is 1. The van der Waals surface area contributed by atoms with Crippen LogP contribution in [0.3, 0.4) is 0 Å². The molecular formula is C17H15BrO2. The number of esters is 1. The van der Waals surface area contributed by atoms with Crippen molar-refractivity contribution in [3.63, 3.8) is 0 Å². The van der Waals surface area contributed by atoms with Crippen LogP contribution in [-0.2, 0) is 9.53 Å². The summed E-state index contributed by atoms with van der Waals surface area (Å²) in [6.07, 6.45) is 0. The van der Waals surface area contributed by atoms with E-state index in [1.54, 1.807) is 0 Å². The molecule has 20 heavy (non-hydrogen) atoms. The van der Waals surface area contributed by atoms with Gasteiger partial charge in [-0.25, -0.2) is 0 Å². The van der Waals surface area contributed by atoms with Gasteiger partial charge in [-0.1, -0.05) is 58.4 Å². The first-order valence-electron chi connectivity index (χ1n) is 6.60. The third-order valence-corrected chi connectivity index (χ3v) is 4.46. The zero-order valence-electron chi connectivity index (χ0n) is 11.1. The van der Waals surface area contributed by atoms with E-state index >= 15 is 0 Å². The second kappa shape index (κ2) is 5.41. The highest BCUT2D eigenvalue weighted by atomic mass is 79.9. The number of rotatable bonds is 3. The van der Waals surface area contributed by atoms with E-state index in [1.807, 2.05) is 30.3 Å². The van der Waals surface area contributed by atoms with Gasteiger partial charge in [-0.15, -0.1) is 0 Å². The van der Waals surface area contributed by atoms with Gasteiger partial charge in [0.2, 0.25) is 0 Å². The highest BCUT2D eigenvalue weighted by Crippen LogP contribution is 2.60. The predicted molar refractivity (Wildman–Crippen MR) is 81.6 cm³/mol. The van der Waals surface area contributed by atoms with Gasteiger partial charge in [-0.3, -0.25) is 4.79 Å². The van der Waals surface area contributed by atoms with E-state index in [2.05, 4.69) is 40.2 Å². The van der Waals surface area contributed by atoms with Gasteiger partial charge < -0.3 is 4.74 Å². The Labute approximate surface area is 126 Å². The Morgan fingerprint density at radius 3 is 2.05 bits per heavy atom. The maximum Gasteiger partial charge on any atom is 0.309 e. The van der Waals surface area contributed by atoms with Crippen molar-refractivity contribution in [2.45, 2.75) is 11.8 Å². The summed E-state index contributed by atoms with van der Waals surface area (Å²) in [5.74, 6) is 0.262. The molecule has 102 valence electrons. The molecule has 0 aliphatic heterocycles. The van der Waals surface area contributed by atoms with Crippen molar-refractivity contribution in [1.29, 1.82) is 0 Å². The lowest BCUT2D eigenvalue weighted by atomic mass is 10.0. The Kier molecular flexibility index (Phi) is 3.62. The van der Waals surface area contributed by atoms with Gasteiger partial charge in [0.05, 0.1) is 13.0 Å². The van der Waals surface area contributed by atoms with E-state index in [0.717, 1.165) is 4.47 Å². The molecule has 3 heteroatoms. The summed E-state index contributed by atoms with van der Waals surface area (Å²) >= 11 is 3.44. The fourth-order valence-electron chi connectivity index (χ4n) is 2.93. The molecule has 2 aromatic rings. The third-order valence-electron chi connectivity index (χ3n) is 3.93. The SMILES string of the molecule is COC(=O)C1C(c2ccccc2)C1c1ccc(Br)cc1. The van der Waals surface area contributed by atoms with Crippen LogP contribution in [0, 0.1) is 5.92 Å². The van der Waals surface area contributed by atoms with Crippen LogP contribution in [-0.4, -0.2) is 13.1 Å². The van der Waals surface area contributed by atoms with Gasteiger partial charge >= 0.3 is 5.97 Å². The van der Waals surface area contributed by atoms with E-state index in [1.165, 1.54) is 18.2 Å². The molecule has 3 atom stereocenters. The Bertz CT molecular complexity index is 607. The summed E-state index contributed by atoms with van der Waals surface area (Å²) < 4.78 is 6.00. The van der Waals surface area contributed by atoms with Gasteiger partial charge in [0.15, 0.2) is 0 Å². The first kappa shape index (κ1) is 13.4. The highest BCUT2D eigenvalue weighted by Gasteiger charge is 2.56. The smallest absolute Gasteiger partial charge is 0.309 e. The van der Waals surface area contributed by atoms with Crippen LogP contribution in [0.2, 0.25) is 0 Å². The summed E-state index contributed by atoms with van der Waals surface area (Å²) in [6.45, 7) is 0. The standard InChI is InChI=1S/C17H15BrO2/c1-20-17(19)16-14(11-5-3-2-4-6-11)15(16)12-7-9-13(18)10-8-12/h2-10,14-16H,1H3. The highest BCUT2D eigenvalue weighted by molar-refractivity contribution is 9.10. The van der Waals surface area contributed by atoms with Crippen molar-refractivity contribution in [2.24, 2.45) is 5.92 Å². The topological polar surface area (TPSA) is 26.3 Å². The van der Waals surface area contributed by atoms with E-state index in [9.17, 15) is 4.79 Å². The second-order valence-electron chi connectivity index (χ2n) is 5.06. The molecule has 0 radical (unpaired) electrons. The minimum atomic E-state index is -0.119. The quantitative estimate of drug-likeness (QED) is 0.791. The number of ether oxygens (including phenoxy) is 1. The van der Waals surface area contributed by atoms with Crippen molar-refractivity contribution < 1.29 is 9.53 Å². The molecule has 3 rings (SSSR count). The van der Waals surface area contributed by atoms with Gasteiger partial charge in [0.25, 0.3) is 0 Å². The molecule has 0 bridgehead atoms. The lowest BCUT2D eigenvalue weighted by Crippen LogP contribution is -2.05. The molecule has 0 heterocycles. The van der Waals surface area contributed by atoms with Crippen molar-refractivity contribution in [3.05, 3.63) is 70.2 Å². The van der Waals surface area contributed by atoms with E-state index in [4.69, 9.17) is 4.74 Å². The number of halogens is 1. The molecule has 0 saturated heterocycles. The van der Waals surface area contributed by atoms with Gasteiger partial charge in [-0.2, -0.15) is 0 Å². The molecule has 1 fully saturated rings. The van der Waals surface area contributed by atoms with Crippen LogP contribution in [0.5, 0.6) is 0 Å². The van der Waals surface area contributed by atoms with E-state index < -0.39 is 0 Å². The zero-order chi connectivity index (χ0) is 14.1. The van der Waals surface area contributed by atoms with Crippen LogP contribution in [0.25, 0.3) is 0 Å². The predicted octanol–water partition coefficient (Wildman–Crippen LogP) is 4.12. The van der Waals surface area contributed by atoms with Crippen LogP contribution < -0.4 is 0 Å². The minimum Gasteiger partial charge on any atom is -0.469 e. The monoisotopic (exact) mass is 330 g/mol. The molecule has 1 aliphatic carbocycles. The van der Waals surface area contributed by atoms with Gasteiger partial charge in [0.1, 0.15) is 0 Å². The summed E-state index contributed by atoms with van der Waals surface area (Å²) in [5, 5.41) is 0. The first-order chi connectivity index (χ1) is 9.72. The lowest BCUT2D eigenvalue weighted by molar-refractivity contribution is -0.142. The van der Waals surface area contributed by atoms with E-state index in [-0.39, 0.29) is 23.7 Å². The van der Waals surface area contributed by atoms with Crippen LogP contribution in [0.1, 0.15) is 23.0 Å². The molecule has 0 amide bonds. The molecular weight excluding hydrogens is 316 g/mol. The summed E-state index contributed by atoms with van der Waals surface area (Å²) in [7, 11) is 1.46. The fraction of sp³-hybridized carbons (Fsp3) is 0.235. The van der Waals surface area contributed by atoms with Crippen LogP contribution in [0.15, 0.2) is 59.1 Å². The Morgan fingerprint density at radius 2 is 1.50 bits per heavy atom. The second-order valence-corrected chi connectivity index (χ2v) is 5.98. The van der Waals surface area contributed by atoms with Gasteiger partial charge in [0, 0.05) is 16.3 Å². The van der Waals surface area contributed by atoms with Crippen molar-refractivity contribution in [1.82, 2.24) is 0 Å². The number of hydrogen-bond acceptors (Lipinski definition) is 2. The maximum absolute atomic E-state index is 12.0. The Morgan fingerprint density at radius 1 is 0.950 bits per heavy atom. The van der Waals surface area contributed by atoms with Crippen molar-refractivity contribution in [2.75, 3.05) is 7.11 Å². The average molecular weight is 331 g/mol. The molecule has 0 spiro atoms. The summed E-state index contributed by atoms with van der Waals surface area (Å²) in [6, 6.07) is 18.4. The summed E-state index contributed by atoms with van der Waals surface area (Å²) in [5.41, 5.74) is 2.40. The molecule has 0 N–H and O–H groups in total. The minimum absolute atomic E-state index is 0.0661. The van der Waals surface area contributed by atoms with Crippen molar-refractivity contribution in [3.8, 4) is 0 Å². The number of carbonyl (C=O) groups excluding carboxylic acids is 1. The fourth-order valence-corrected chi connectivity index (χ4v) is 3.19. The lowest BCUT2D eigenvalue weighted by Gasteiger charge is -2.01. The molecule has 3 unspecified atom stereocenters. The molecule has 1 aliphatic rings. The molecule has 1 saturated carbocycles. The normalized spacial score (nSPS) is 24.2. The number of carbonyl (C=O) groups is 1. The third kappa shape index (κ3) is 2.38. The molecule has 0 aromatic heterocycles. The van der Waals surface area contributed by atoms with Crippen molar-refractivity contribution >= 4 is 21.9 Å². The number of hydrogen-bond donors (Lipinski definition) is 0. The first-order valence-corrected chi connectivity index (χ1v) is 7.40. The van der Waals surface area contributed by atoms with Gasteiger partial charge in [-0.05, 0) is 23.3 Å². The molecule has 2 aromatic carbocycles. The Hall–Kier alpha value is -1.61. The van der Waals surface area contributed by atoms with Crippen LogP contribution >= 0.6 is 15.9 Å². The maximum atomic E-state index is 12.0. The molecule has 2 nitrogen and oxygen atoms in total. The average Bonchev–Trinajstić information content (AvgIpc) is 3.23. The zero-order valence-corrected chi connectivity index (χ0v) is 12.7. The Balaban J connectivity index is 1.92. The van der Waals surface area contributed by atoms with Crippen LogP contribution in [0.4, 0.5) is 0 Å². The van der Waals surface area contributed by atoms with E-state index in [0.29, 0.717) is 0 Å². The number of benzene rings is 2. The largest absolute Gasteiger partial charge is 0.469 e.